The molecule has 3 aromatic rings. The summed E-state index contributed by atoms with van der Waals surface area (Å²) in [6.45, 7) is 2.97. The maximum absolute atomic E-state index is 13.6. The Labute approximate surface area is 182 Å². The number of piperazine rings is 1. The van der Waals surface area contributed by atoms with Crippen molar-refractivity contribution < 1.29 is 14.3 Å². The number of amides is 2. The van der Waals surface area contributed by atoms with Gasteiger partial charge in [-0.3, -0.25) is 9.59 Å². The Morgan fingerprint density at radius 3 is 2.29 bits per heavy atom. The standard InChI is InChI=1S/C26H26N2O3/c1-19(29)28-17-16-27(18-24(28)23-14-8-9-15-25(23)31-2)26(30)22-13-7-6-12-21(22)20-10-4-3-5-11-20/h3-15,24H,16-18H2,1-2H3. The van der Waals surface area contributed by atoms with Crippen LogP contribution in [0.2, 0.25) is 0 Å². The molecule has 3 aromatic carbocycles. The summed E-state index contributed by atoms with van der Waals surface area (Å²) in [6, 6.07) is 25.1. The molecule has 1 atom stereocenters. The molecule has 0 N–H and O–H groups in total. The first-order chi connectivity index (χ1) is 15.1. The second-order valence-corrected chi connectivity index (χ2v) is 7.63. The lowest BCUT2D eigenvalue weighted by Crippen LogP contribution is -2.52. The summed E-state index contributed by atoms with van der Waals surface area (Å²) in [7, 11) is 1.62. The highest BCUT2D eigenvalue weighted by atomic mass is 16.5. The molecule has 158 valence electrons. The van der Waals surface area contributed by atoms with Crippen molar-refractivity contribution in [2.24, 2.45) is 0 Å². The fourth-order valence-corrected chi connectivity index (χ4v) is 4.26. The van der Waals surface area contributed by atoms with Gasteiger partial charge in [0.1, 0.15) is 5.75 Å². The number of hydrogen-bond acceptors (Lipinski definition) is 3. The third-order valence-corrected chi connectivity index (χ3v) is 5.81. The molecular formula is C26H26N2O3. The topological polar surface area (TPSA) is 49.9 Å². The van der Waals surface area contributed by atoms with E-state index in [-0.39, 0.29) is 17.9 Å². The molecule has 4 rings (SSSR count). The molecule has 0 aromatic heterocycles. The van der Waals surface area contributed by atoms with Crippen molar-refractivity contribution in [3.05, 3.63) is 90.0 Å². The Bertz CT molecular complexity index is 1080. The number of ether oxygens (including phenoxy) is 1. The highest BCUT2D eigenvalue weighted by Crippen LogP contribution is 2.33. The SMILES string of the molecule is COc1ccccc1C1CN(C(=O)c2ccccc2-c2ccccc2)CCN1C(C)=O. The molecular weight excluding hydrogens is 388 g/mol. The number of carbonyl (C=O) groups is 2. The third kappa shape index (κ3) is 4.17. The zero-order valence-electron chi connectivity index (χ0n) is 17.8. The largest absolute Gasteiger partial charge is 0.496 e. The molecule has 0 aliphatic carbocycles. The maximum Gasteiger partial charge on any atom is 0.254 e. The Kier molecular flexibility index (Phi) is 6.03. The minimum absolute atomic E-state index is 0.00677. The highest BCUT2D eigenvalue weighted by Gasteiger charge is 2.34. The van der Waals surface area contributed by atoms with Crippen molar-refractivity contribution in [1.29, 1.82) is 0 Å². The number of benzene rings is 3. The van der Waals surface area contributed by atoms with Crippen LogP contribution >= 0.6 is 0 Å². The molecule has 0 spiro atoms. The summed E-state index contributed by atoms with van der Waals surface area (Å²) in [5, 5.41) is 0. The predicted molar refractivity (Wildman–Crippen MR) is 121 cm³/mol. The molecule has 5 heteroatoms. The van der Waals surface area contributed by atoms with Crippen molar-refractivity contribution in [2.75, 3.05) is 26.7 Å². The molecule has 1 aliphatic rings. The molecule has 0 radical (unpaired) electrons. The molecule has 1 heterocycles. The summed E-state index contributed by atoms with van der Waals surface area (Å²) in [5.41, 5.74) is 3.50. The van der Waals surface area contributed by atoms with Gasteiger partial charge in [-0.25, -0.2) is 0 Å². The second-order valence-electron chi connectivity index (χ2n) is 7.63. The first-order valence-corrected chi connectivity index (χ1v) is 10.4. The average Bonchev–Trinajstić information content (AvgIpc) is 2.83. The van der Waals surface area contributed by atoms with Gasteiger partial charge in [-0.15, -0.1) is 0 Å². The summed E-state index contributed by atoms with van der Waals surface area (Å²) in [6.07, 6.45) is 0. The fraction of sp³-hybridized carbons (Fsp3) is 0.231. The fourth-order valence-electron chi connectivity index (χ4n) is 4.26. The van der Waals surface area contributed by atoms with E-state index in [1.807, 2.05) is 88.7 Å². The normalized spacial score (nSPS) is 16.1. The van der Waals surface area contributed by atoms with Gasteiger partial charge in [-0.2, -0.15) is 0 Å². The Balaban J connectivity index is 1.67. The summed E-state index contributed by atoms with van der Waals surface area (Å²) < 4.78 is 5.54. The molecule has 0 bridgehead atoms. The summed E-state index contributed by atoms with van der Waals surface area (Å²) in [4.78, 5) is 29.6. The van der Waals surface area contributed by atoms with Gasteiger partial charge in [0, 0.05) is 37.7 Å². The molecule has 1 unspecified atom stereocenters. The summed E-state index contributed by atoms with van der Waals surface area (Å²) in [5.74, 6) is 0.688. The van der Waals surface area contributed by atoms with Gasteiger partial charge in [-0.05, 0) is 23.3 Å². The predicted octanol–water partition coefficient (Wildman–Crippen LogP) is 4.41. The first-order valence-electron chi connectivity index (χ1n) is 10.4. The van der Waals surface area contributed by atoms with Crippen LogP contribution in [0.15, 0.2) is 78.9 Å². The van der Waals surface area contributed by atoms with Crippen LogP contribution in [-0.2, 0) is 4.79 Å². The smallest absolute Gasteiger partial charge is 0.254 e. The van der Waals surface area contributed by atoms with Gasteiger partial charge >= 0.3 is 0 Å². The van der Waals surface area contributed by atoms with Crippen LogP contribution < -0.4 is 4.74 Å². The molecule has 1 aliphatic heterocycles. The summed E-state index contributed by atoms with van der Waals surface area (Å²) >= 11 is 0. The molecule has 31 heavy (non-hydrogen) atoms. The van der Waals surface area contributed by atoms with Crippen LogP contribution in [0.1, 0.15) is 28.9 Å². The van der Waals surface area contributed by atoms with E-state index in [9.17, 15) is 9.59 Å². The minimum atomic E-state index is -0.254. The van der Waals surface area contributed by atoms with Crippen LogP contribution in [0.4, 0.5) is 0 Å². The van der Waals surface area contributed by atoms with Gasteiger partial charge in [0.05, 0.1) is 13.2 Å². The van der Waals surface area contributed by atoms with Crippen LogP contribution in [-0.4, -0.2) is 48.4 Å². The van der Waals surface area contributed by atoms with E-state index in [0.717, 1.165) is 22.4 Å². The van der Waals surface area contributed by atoms with Gasteiger partial charge in [0.25, 0.3) is 5.91 Å². The number of para-hydroxylation sites is 1. The van der Waals surface area contributed by atoms with Crippen LogP contribution in [0.5, 0.6) is 5.75 Å². The zero-order chi connectivity index (χ0) is 21.8. The van der Waals surface area contributed by atoms with Crippen LogP contribution in [0.25, 0.3) is 11.1 Å². The highest BCUT2D eigenvalue weighted by molar-refractivity contribution is 6.01. The van der Waals surface area contributed by atoms with E-state index in [1.54, 1.807) is 14.0 Å². The average molecular weight is 415 g/mol. The quantitative estimate of drug-likeness (QED) is 0.636. The Morgan fingerprint density at radius 1 is 0.871 bits per heavy atom. The Hall–Kier alpha value is -3.60. The molecule has 0 saturated carbocycles. The van der Waals surface area contributed by atoms with Gasteiger partial charge < -0.3 is 14.5 Å². The van der Waals surface area contributed by atoms with E-state index in [0.29, 0.717) is 25.2 Å². The number of carbonyl (C=O) groups excluding carboxylic acids is 2. The van der Waals surface area contributed by atoms with E-state index in [1.165, 1.54) is 0 Å². The molecule has 2 amide bonds. The maximum atomic E-state index is 13.6. The zero-order valence-corrected chi connectivity index (χ0v) is 17.8. The van der Waals surface area contributed by atoms with E-state index < -0.39 is 0 Å². The molecule has 5 nitrogen and oxygen atoms in total. The van der Waals surface area contributed by atoms with Crippen molar-refractivity contribution in [2.45, 2.75) is 13.0 Å². The lowest BCUT2D eigenvalue weighted by Gasteiger charge is -2.41. The molecule has 1 fully saturated rings. The number of hydrogen-bond donors (Lipinski definition) is 0. The van der Waals surface area contributed by atoms with Crippen LogP contribution in [0.3, 0.4) is 0 Å². The minimum Gasteiger partial charge on any atom is -0.496 e. The van der Waals surface area contributed by atoms with Crippen molar-refractivity contribution in [3.8, 4) is 16.9 Å². The number of rotatable bonds is 4. The van der Waals surface area contributed by atoms with E-state index in [2.05, 4.69) is 0 Å². The van der Waals surface area contributed by atoms with Crippen molar-refractivity contribution in [1.82, 2.24) is 9.80 Å². The van der Waals surface area contributed by atoms with Crippen molar-refractivity contribution >= 4 is 11.8 Å². The van der Waals surface area contributed by atoms with Gasteiger partial charge in [-0.1, -0.05) is 66.7 Å². The lowest BCUT2D eigenvalue weighted by molar-refractivity contribution is -0.133. The number of nitrogens with zero attached hydrogens (tertiary/aromatic N) is 2. The third-order valence-electron chi connectivity index (χ3n) is 5.81. The Morgan fingerprint density at radius 2 is 1.55 bits per heavy atom. The van der Waals surface area contributed by atoms with Gasteiger partial charge in [0.15, 0.2) is 0 Å². The van der Waals surface area contributed by atoms with Crippen LogP contribution in [0, 0.1) is 0 Å². The lowest BCUT2D eigenvalue weighted by atomic mass is 9.97. The first kappa shape index (κ1) is 20.7. The number of methoxy groups -OCH3 is 1. The van der Waals surface area contributed by atoms with E-state index in [4.69, 9.17) is 4.74 Å². The van der Waals surface area contributed by atoms with E-state index >= 15 is 0 Å². The monoisotopic (exact) mass is 414 g/mol. The van der Waals surface area contributed by atoms with Gasteiger partial charge in [0.2, 0.25) is 5.91 Å². The van der Waals surface area contributed by atoms with Crippen molar-refractivity contribution in [3.63, 3.8) is 0 Å². The molecule has 1 saturated heterocycles. The second kappa shape index (κ2) is 9.04.